The van der Waals surface area contributed by atoms with Gasteiger partial charge in [0.2, 0.25) is 6.41 Å². The van der Waals surface area contributed by atoms with Crippen LogP contribution in [0.3, 0.4) is 0 Å². The molecule has 0 aromatic carbocycles. The Hall–Kier alpha value is -0.610. The Labute approximate surface area is 48.2 Å². The van der Waals surface area contributed by atoms with Crippen LogP contribution in [-0.4, -0.2) is 26.7 Å². The second-order valence-electron chi connectivity index (χ2n) is 1.18. The number of hydrogen-bond donors (Lipinski definition) is 2. The summed E-state index contributed by atoms with van der Waals surface area (Å²) in [6, 6.07) is 0. The highest BCUT2D eigenvalue weighted by Gasteiger charge is 1.78. The Balaban J connectivity index is 2.62. The van der Waals surface area contributed by atoms with E-state index in [2.05, 4.69) is 15.6 Å². The van der Waals surface area contributed by atoms with Gasteiger partial charge in [0, 0.05) is 13.7 Å². The molecule has 0 aromatic rings. The monoisotopic (exact) mass is 118 g/mol. The summed E-state index contributed by atoms with van der Waals surface area (Å²) in [6.07, 6.45) is 0.579. The zero-order valence-corrected chi connectivity index (χ0v) is 4.81. The highest BCUT2D eigenvalue weighted by atomic mass is 16.5. The molecule has 0 spiro atoms. The van der Waals surface area contributed by atoms with Crippen molar-refractivity contribution < 1.29 is 9.53 Å². The molecular weight excluding hydrogens is 108 g/mol. The topological polar surface area (TPSA) is 50.4 Å². The molecule has 1 amide bonds. The third-order valence-corrected chi connectivity index (χ3v) is 0.592. The summed E-state index contributed by atoms with van der Waals surface area (Å²) in [5.41, 5.74) is 4.87. The van der Waals surface area contributed by atoms with Crippen LogP contribution in [0.5, 0.6) is 0 Å². The normalized spacial score (nSPS) is 8.62. The minimum absolute atomic E-state index is 0.579. The van der Waals surface area contributed by atoms with Crippen molar-refractivity contribution in [2.75, 3.05) is 20.3 Å². The fourth-order valence-electron chi connectivity index (χ4n) is 0.267. The number of methoxy groups -OCH3 is 1. The van der Waals surface area contributed by atoms with E-state index in [1.54, 1.807) is 7.11 Å². The SMILES string of the molecule is COCCNNC=O. The molecule has 4 heteroatoms. The standard InChI is InChI=1S/C4H10N2O2/c1-8-3-2-5-6-4-7/h4-5H,2-3H2,1H3,(H,6,7). The van der Waals surface area contributed by atoms with Gasteiger partial charge in [-0.25, -0.2) is 5.43 Å². The Kier molecular flexibility index (Phi) is 5.90. The molecular formula is C4H10N2O2. The number of rotatable bonds is 5. The maximum Gasteiger partial charge on any atom is 0.221 e. The quantitative estimate of drug-likeness (QED) is 0.273. The van der Waals surface area contributed by atoms with E-state index < -0.39 is 0 Å². The lowest BCUT2D eigenvalue weighted by atomic mass is 10.7. The lowest BCUT2D eigenvalue weighted by Gasteiger charge is -1.98. The second kappa shape index (κ2) is 6.39. The molecule has 4 nitrogen and oxygen atoms in total. The fourth-order valence-corrected chi connectivity index (χ4v) is 0.267. The number of ether oxygens (including phenoxy) is 1. The molecule has 0 saturated carbocycles. The smallest absolute Gasteiger partial charge is 0.221 e. The van der Waals surface area contributed by atoms with Crippen molar-refractivity contribution in [3.8, 4) is 0 Å². The molecule has 0 rings (SSSR count). The highest BCUT2D eigenvalue weighted by Crippen LogP contribution is 1.58. The van der Waals surface area contributed by atoms with E-state index in [1.807, 2.05) is 0 Å². The predicted molar refractivity (Wildman–Crippen MR) is 29.1 cm³/mol. The Bertz CT molecular complexity index is 58.0. The van der Waals surface area contributed by atoms with E-state index in [1.165, 1.54) is 0 Å². The summed E-state index contributed by atoms with van der Waals surface area (Å²) in [6.45, 7) is 1.23. The number of carbonyl (C=O) groups excluding carboxylic acids is 1. The first-order chi connectivity index (χ1) is 3.91. The van der Waals surface area contributed by atoms with Crippen molar-refractivity contribution in [3.63, 3.8) is 0 Å². The lowest BCUT2D eigenvalue weighted by Crippen LogP contribution is -2.32. The summed E-state index contributed by atoms with van der Waals surface area (Å²) in [5.74, 6) is 0. The van der Waals surface area contributed by atoms with Crippen LogP contribution in [-0.2, 0) is 9.53 Å². The first-order valence-electron chi connectivity index (χ1n) is 2.32. The fraction of sp³-hybridized carbons (Fsp3) is 0.750. The van der Waals surface area contributed by atoms with Crippen molar-refractivity contribution in [1.29, 1.82) is 0 Å². The first-order valence-corrected chi connectivity index (χ1v) is 2.32. The summed E-state index contributed by atoms with van der Waals surface area (Å²) >= 11 is 0. The largest absolute Gasteiger partial charge is 0.383 e. The van der Waals surface area contributed by atoms with Crippen molar-refractivity contribution in [1.82, 2.24) is 10.9 Å². The van der Waals surface area contributed by atoms with Gasteiger partial charge in [0.05, 0.1) is 6.61 Å². The van der Waals surface area contributed by atoms with Crippen LogP contribution in [0.1, 0.15) is 0 Å². The van der Waals surface area contributed by atoms with Crippen LogP contribution in [0, 0.1) is 0 Å². The molecule has 2 N–H and O–H groups in total. The molecule has 0 saturated heterocycles. The van der Waals surface area contributed by atoms with Crippen LogP contribution < -0.4 is 10.9 Å². The van der Waals surface area contributed by atoms with Crippen LogP contribution in [0.4, 0.5) is 0 Å². The Morgan fingerprint density at radius 2 is 2.50 bits per heavy atom. The van der Waals surface area contributed by atoms with Crippen molar-refractivity contribution in [2.24, 2.45) is 0 Å². The average molecular weight is 118 g/mol. The number of hydrazine groups is 1. The molecule has 0 aliphatic rings. The van der Waals surface area contributed by atoms with Gasteiger partial charge in [-0.05, 0) is 0 Å². The second-order valence-corrected chi connectivity index (χ2v) is 1.18. The van der Waals surface area contributed by atoms with E-state index in [9.17, 15) is 4.79 Å². The molecule has 8 heavy (non-hydrogen) atoms. The van der Waals surface area contributed by atoms with E-state index in [4.69, 9.17) is 0 Å². The van der Waals surface area contributed by atoms with E-state index >= 15 is 0 Å². The minimum atomic E-state index is 0.579. The van der Waals surface area contributed by atoms with Crippen molar-refractivity contribution in [2.45, 2.75) is 0 Å². The Morgan fingerprint density at radius 3 is 3.00 bits per heavy atom. The number of amides is 1. The maximum atomic E-state index is 9.55. The van der Waals surface area contributed by atoms with Crippen LogP contribution in [0.2, 0.25) is 0 Å². The minimum Gasteiger partial charge on any atom is -0.383 e. The predicted octanol–water partition coefficient (Wildman–Crippen LogP) is -1.12. The molecule has 0 aliphatic heterocycles. The molecule has 0 heterocycles. The Morgan fingerprint density at radius 1 is 1.75 bits per heavy atom. The van der Waals surface area contributed by atoms with E-state index in [0.717, 1.165) is 0 Å². The molecule has 0 bridgehead atoms. The summed E-state index contributed by atoms with van der Waals surface area (Å²) in [5, 5.41) is 0. The van der Waals surface area contributed by atoms with Gasteiger partial charge in [0.1, 0.15) is 0 Å². The summed E-state index contributed by atoms with van der Waals surface area (Å²) < 4.78 is 4.67. The molecule has 0 unspecified atom stereocenters. The third-order valence-electron chi connectivity index (χ3n) is 0.592. The first kappa shape index (κ1) is 7.39. The number of carbonyl (C=O) groups is 1. The van der Waals surface area contributed by atoms with E-state index in [0.29, 0.717) is 19.6 Å². The van der Waals surface area contributed by atoms with Gasteiger partial charge >= 0.3 is 0 Å². The van der Waals surface area contributed by atoms with Crippen LogP contribution >= 0.6 is 0 Å². The van der Waals surface area contributed by atoms with Crippen LogP contribution in [0.15, 0.2) is 0 Å². The summed E-state index contributed by atoms with van der Waals surface area (Å²) in [7, 11) is 1.60. The van der Waals surface area contributed by atoms with Crippen molar-refractivity contribution in [3.05, 3.63) is 0 Å². The van der Waals surface area contributed by atoms with E-state index in [-0.39, 0.29) is 0 Å². The molecule has 48 valence electrons. The van der Waals surface area contributed by atoms with Crippen molar-refractivity contribution >= 4 is 6.41 Å². The number of hydrogen-bond acceptors (Lipinski definition) is 3. The zero-order valence-electron chi connectivity index (χ0n) is 4.81. The third kappa shape index (κ3) is 5.39. The number of nitrogens with one attached hydrogen (secondary N) is 2. The van der Waals surface area contributed by atoms with Gasteiger partial charge < -0.3 is 4.74 Å². The summed E-state index contributed by atoms with van der Waals surface area (Å²) in [4.78, 5) is 9.55. The lowest BCUT2D eigenvalue weighted by molar-refractivity contribution is -0.110. The molecule has 0 aromatic heterocycles. The highest BCUT2D eigenvalue weighted by molar-refractivity contribution is 5.44. The molecule has 0 aliphatic carbocycles. The van der Waals surface area contributed by atoms with Gasteiger partial charge in [0.25, 0.3) is 0 Å². The van der Waals surface area contributed by atoms with Gasteiger partial charge in [-0.1, -0.05) is 0 Å². The van der Waals surface area contributed by atoms with Gasteiger partial charge in [0.15, 0.2) is 0 Å². The van der Waals surface area contributed by atoms with Crippen LogP contribution in [0.25, 0.3) is 0 Å². The molecule has 0 fully saturated rings. The zero-order chi connectivity index (χ0) is 6.24. The van der Waals surface area contributed by atoms with Gasteiger partial charge in [-0.3, -0.25) is 10.2 Å². The van der Waals surface area contributed by atoms with Gasteiger partial charge in [-0.15, -0.1) is 0 Å². The average Bonchev–Trinajstić information content (AvgIpc) is 1.81. The molecule has 0 radical (unpaired) electrons. The van der Waals surface area contributed by atoms with Gasteiger partial charge in [-0.2, -0.15) is 0 Å². The molecule has 0 atom stereocenters. The maximum absolute atomic E-state index is 9.55.